The van der Waals surface area contributed by atoms with E-state index in [9.17, 15) is 9.18 Å². The average Bonchev–Trinajstić information content (AvgIpc) is 2.62. The van der Waals surface area contributed by atoms with E-state index in [4.69, 9.17) is 4.74 Å². The smallest absolute Gasteiger partial charge is 0.228 e. The third-order valence-electron chi connectivity index (χ3n) is 3.98. The molecule has 0 aliphatic rings. The summed E-state index contributed by atoms with van der Waals surface area (Å²) in [4.78, 5) is 16.4. The van der Waals surface area contributed by atoms with E-state index in [0.29, 0.717) is 11.3 Å². The fourth-order valence-corrected chi connectivity index (χ4v) is 2.68. The van der Waals surface area contributed by atoms with Crippen LogP contribution in [-0.2, 0) is 11.2 Å². The van der Waals surface area contributed by atoms with Crippen molar-refractivity contribution in [3.05, 3.63) is 77.9 Å². The molecule has 1 aromatic heterocycles. The highest BCUT2D eigenvalue weighted by atomic mass is 19.1. The number of pyridine rings is 1. The summed E-state index contributed by atoms with van der Waals surface area (Å²) in [6.45, 7) is 1.94. The molecule has 3 aromatic rings. The van der Waals surface area contributed by atoms with E-state index >= 15 is 0 Å². The number of methoxy groups -OCH3 is 1. The van der Waals surface area contributed by atoms with Crippen molar-refractivity contribution < 1.29 is 13.9 Å². The van der Waals surface area contributed by atoms with Crippen LogP contribution < -0.4 is 10.1 Å². The van der Waals surface area contributed by atoms with Crippen LogP contribution in [0.1, 0.15) is 11.3 Å². The Hall–Kier alpha value is -3.21. The number of rotatable bonds is 5. The summed E-state index contributed by atoms with van der Waals surface area (Å²) in [6, 6.07) is 16.0. The molecular weight excluding hydrogens is 331 g/mol. The molecular formula is C21H19FN2O2. The Labute approximate surface area is 151 Å². The molecule has 0 atom stereocenters. The Morgan fingerprint density at radius 1 is 1.08 bits per heavy atom. The molecule has 0 bridgehead atoms. The van der Waals surface area contributed by atoms with Gasteiger partial charge in [-0.25, -0.2) is 4.39 Å². The highest BCUT2D eigenvalue weighted by Crippen LogP contribution is 2.22. The largest absolute Gasteiger partial charge is 0.494 e. The van der Waals surface area contributed by atoms with Crippen LogP contribution in [-0.4, -0.2) is 18.0 Å². The number of anilines is 1. The van der Waals surface area contributed by atoms with Gasteiger partial charge in [-0.05, 0) is 60.0 Å². The number of amides is 1. The van der Waals surface area contributed by atoms with Crippen molar-refractivity contribution in [2.24, 2.45) is 0 Å². The summed E-state index contributed by atoms with van der Waals surface area (Å²) in [5.74, 6) is -0.520. The lowest BCUT2D eigenvalue weighted by Gasteiger charge is -2.08. The van der Waals surface area contributed by atoms with Crippen molar-refractivity contribution in [2.45, 2.75) is 13.3 Å². The molecule has 4 nitrogen and oxygen atoms in total. The van der Waals surface area contributed by atoms with Gasteiger partial charge < -0.3 is 10.1 Å². The van der Waals surface area contributed by atoms with Gasteiger partial charge >= 0.3 is 0 Å². The van der Waals surface area contributed by atoms with Gasteiger partial charge in [0.1, 0.15) is 0 Å². The molecule has 0 radical (unpaired) electrons. The van der Waals surface area contributed by atoms with Crippen LogP contribution in [0.25, 0.3) is 11.1 Å². The van der Waals surface area contributed by atoms with Crippen LogP contribution in [0, 0.1) is 12.7 Å². The van der Waals surface area contributed by atoms with Crippen molar-refractivity contribution >= 4 is 11.6 Å². The van der Waals surface area contributed by atoms with Crippen LogP contribution >= 0.6 is 0 Å². The Balaban J connectivity index is 1.65. The first-order chi connectivity index (χ1) is 12.5. The molecule has 1 amide bonds. The monoisotopic (exact) mass is 350 g/mol. The fourth-order valence-electron chi connectivity index (χ4n) is 2.68. The quantitative estimate of drug-likeness (QED) is 0.743. The lowest BCUT2D eigenvalue weighted by atomic mass is 10.1. The molecule has 0 unspecified atom stereocenters. The van der Waals surface area contributed by atoms with Gasteiger partial charge in [0, 0.05) is 17.6 Å². The number of hydrogen-bond acceptors (Lipinski definition) is 3. The lowest BCUT2D eigenvalue weighted by molar-refractivity contribution is -0.115. The van der Waals surface area contributed by atoms with Crippen LogP contribution in [0.5, 0.6) is 5.75 Å². The minimum absolute atomic E-state index is 0.0895. The predicted octanol–water partition coefficient (Wildman–Crippen LogP) is 4.39. The number of ether oxygens (including phenoxy) is 1. The van der Waals surface area contributed by atoms with Crippen molar-refractivity contribution in [3.8, 4) is 16.9 Å². The SMILES string of the molecule is COc1ccc(CC(=O)Nc2ccc(-c3ccnc(C)c3)cc2)cc1F. The molecule has 0 fully saturated rings. The van der Waals surface area contributed by atoms with Crippen molar-refractivity contribution in [1.82, 2.24) is 4.98 Å². The Morgan fingerprint density at radius 2 is 1.85 bits per heavy atom. The summed E-state index contributed by atoms with van der Waals surface area (Å²) in [5.41, 5.74) is 4.35. The first-order valence-corrected chi connectivity index (χ1v) is 8.20. The molecule has 0 saturated carbocycles. The molecule has 132 valence electrons. The van der Waals surface area contributed by atoms with Gasteiger partial charge in [0.2, 0.25) is 5.91 Å². The third kappa shape index (κ3) is 4.25. The Bertz CT molecular complexity index is 924. The summed E-state index contributed by atoms with van der Waals surface area (Å²) < 4.78 is 18.6. The van der Waals surface area contributed by atoms with Crippen molar-refractivity contribution in [2.75, 3.05) is 12.4 Å². The summed E-state index contributed by atoms with van der Waals surface area (Å²) in [5, 5.41) is 2.82. The summed E-state index contributed by atoms with van der Waals surface area (Å²) in [6.07, 6.45) is 1.86. The highest BCUT2D eigenvalue weighted by Gasteiger charge is 2.08. The number of nitrogens with zero attached hydrogens (tertiary/aromatic N) is 1. The number of carbonyl (C=O) groups excluding carboxylic acids is 1. The normalized spacial score (nSPS) is 10.4. The number of hydrogen-bond donors (Lipinski definition) is 1. The van der Waals surface area contributed by atoms with E-state index in [2.05, 4.69) is 10.3 Å². The highest BCUT2D eigenvalue weighted by molar-refractivity contribution is 5.92. The van der Waals surface area contributed by atoms with E-state index < -0.39 is 5.82 Å². The minimum atomic E-state index is -0.477. The predicted molar refractivity (Wildman–Crippen MR) is 99.7 cm³/mol. The molecule has 0 aliphatic carbocycles. The van der Waals surface area contributed by atoms with Gasteiger partial charge in [-0.1, -0.05) is 18.2 Å². The number of halogens is 1. The number of carbonyl (C=O) groups is 1. The van der Waals surface area contributed by atoms with Gasteiger partial charge in [0.05, 0.1) is 13.5 Å². The second-order valence-corrected chi connectivity index (χ2v) is 5.96. The Kier molecular flexibility index (Phi) is 5.27. The topological polar surface area (TPSA) is 51.2 Å². The standard InChI is InChI=1S/C21H19FN2O2/c1-14-11-17(9-10-23-14)16-4-6-18(7-5-16)24-21(25)13-15-3-8-20(26-2)19(22)12-15/h3-12H,13H2,1-2H3,(H,24,25). The van der Waals surface area contributed by atoms with E-state index in [1.165, 1.54) is 19.2 Å². The van der Waals surface area contributed by atoms with Gasteiger partial charge in [-0.3, -0.25) is 9.78 Å². The van der Waals surface area contributed by atoms with Gasteiger partial charge in [0.25, 0.3) is 0 Å². The Morgan fingerprint density at radius 3 is 2.50 bits per heavy atom. The number of benzene rings is 2. The minimum Gasteiger partial charge on any atom is -0.494 e. The third-order valence-corrected chi connectivity index (χ3v) is 3.98. The number of aromatic nitrogens is 1. The average molecular weight is 350 g/mol. The first kappa shape index (κ1) is 17.6. The van der Waals surface area contributed by atoms with E-state index in [-0.39, 0.29) is 18.1 Å². The second kappa shape index (κ2) is 7.78. The molecule has 3 rings (SSSR count). The molecule has 0 spiro atoms. The van der Waals surface area contributed by atoms with E-state index in [0.717, 1.165) is 16.8 Å². The lowest BCUT2D eigenvalue weighted by Crippen LogP contribution is -2.14. The maximum Gasteiger partial charge on any atom is 0.228 e. The number of nitrogens with one attached hydrogen (secondary N) is 1. The van der Waals surface area contributed by atoms with Gasteiger partial charge in [-0.2, -0.15) is 0 Å². The molecule has 26 heavy (non-hydrogen) atoms. The maximum absolute atomic E-state index is 13.7. The molecule has 1 N–H and O–H groups in total. The molecule has 5 heteroatoms. The zero-order valence-corrected chi connectivity index (χ0v) is 14.6. The van der Waals surface area contributed by atoms with Crippen LogP contribution in [0.15, 0.2) is 60.8 Å². The molecule has 1 heterocycles. The van der Waals surface area contributed by atoms with Gasteiger partial charge in [0.15, 0.2) is 11.6 Å². The summed E-state index contributed by atoms with van der Waals surface area (Å²) >= 11 is 0. The van der Waals surface area contributed by atoms with Gasteiger partial charge in [-0.15, -0.1) is 0 Å². The fraction of sp³-hybridized carbons (Fsp3) is 0.143. The van der Waals surface area contributed by atoms with Crippen molar-refractivity contribution in [1.29, 1.82) is 0 Å². The van der Waals surface area contributed by atoms with Crippen LogP contribution in [0.3, 0.4) is 0 Å². The first-order valence-electron chi connectivity index (χ1n) is 8.20. The zero-order chi connectivity index (χ0) is 18.5. The van der Waals surface area contributed by atoms with Crippen LogP contribution in [0.4, 0.5) is 10.1 Å². The molecule has 0 saturated heterocycles. The molecule has 0 aliphatic heterocycles. The summed E-state index contributed by atoms with van der Waals surface area (Å²) in [7, 11) is 1.40. The van der Waals surface area contributed by atoms with Crippen molar-refractivity contribution in [3.63, 3.8) is 0 Å². The van der Waals surface area contributed by atoms with E-state index in [1.807, 2.05) is 43.3 Å². The molecule has 2 aromatic carbocycles. The van der Waals surface area contributed by atoms with Crippen LogP contribution in [0.2, 0.25) is 0 Å². The maximum atomic E-state index is 13.7. The number of aryl methyl sites for hydroxylation is 1. The van der Waals surface area contributed by atoms with E-state index in [1.54, 1.807) is 12.3 Å². The second-order valence-electron chi connectivity index (χ2n) is 5.96. The zero-order valence-electron chi connectivity index (χ0n) is 14.6.